The van der Waals surface area contributed by atoms with Crippen LogP contribution in [0.1, 0.15) is 0 Å². The molecule has 0 fully saturated rings. The quantitative estimate of drug-likeness (QED) is 0.309. The predicted molar refractivity (Wildman–Crippen MR) is 110 cm³/mol. The van der Waals surface area contributed by atoms with Crippen molar-refractivity contribution >= 4 is 40.6 Å². The van der Waals surface area contributed by atoms with Crippen LogP contribution in [-0.4, -0.2) is 16.7 Å². The zero-order valence-corrected chi connectivity index (χ0v) is 16.1. The molecule has 0 unspecified atom stereocenters. The van der Waals surface area contributed by atoms with Gasteiger partial charge in [0, 0.05) is 17.8 Å². The first-order valence-electron chi connectivity index (χ1n) is 9.59. The predicted octanol–water partition coefficient (Wildman–Crippen LogP) is 0.531. The van der Waals surface area contributed by atoms with Crippen LogP contribution in [-0.2, 0) is 14.1 Å². The molecule has 0 spiro atoms. The summed E-state index contributed by atoms with van der Waals surface area (Å²) < 4.78 is 10.6. The van der Waals surface area contributed by atoms with Gasteiger partial charge in [-0.15, -0.1) is 0 Å². The highest BCUT2D eigenvalue weighted by molar-refractivity contribution is 6.97. The number of benzene rings is 1. The van der Waals surface area contributed by atoms with Crippen LogP contribution >= 0.6 is 0 Å². The molecule has 2 aliphatic heterocycles. The lowest BCUT2D eigenvalue weighted by Gasteiger charge is -2.34. The Kier molecular flexibility index (Phi) is 3.29. The van der Waals surface area contributed by atoms with E-state index in [1.165, 1.54) is 5.59 Å². The van der Waals surface area contributed by atoms with Crippen LogP contribution in [0.5, 0.6) is 11.6 Å². The molecule has 4 aromatic rings. The smallest absolute Gasteiger partial charge is 0.422 e. The Morgan fingerprint density at radius 3 is 2.45 bits per heavy atom. The molecule has 3 aromatic heterocycles. The monoisotopic (exact) mass is 379 g/mol. The maximum atomic E-state index is 6.24. The number of aromatic nitrogens is 4. The number of pyridine rings is 2. The van der Waals surface area contributed by atoms with Gasteiger partial charge >= 0.3 is 6.71 Å². The number of nitrogens with zero attached hydrogens (tertiary/aromatic N) is 5. The second-order valence-electron chi connectivity index (χ2n) is 7.38. The Labute approximate surface area is 168 Å². The molecule has 7 heteroatoms. The van der Waals surface area contributed by atoms with E-state index < -0.39 is 0 Å². The second kappa shape index (κ2) is 5.88. The summed E-state index contributed by atoms with van der Waals surface area (Å²) in [7, 11) is 4.15. The second-order valence-corrected chi connectivity index (χ2v) is 7.38. The summed E-state index contributed by atoms with van der Waals surface area (Å²) >= 11 is 0. The largest absolute Gasteiger partial charge is 0.434 e. The topological polar surface area (TPSA) is 46.0 Å². The minimum absolute atomic E-state index is 0.0164. The number of aryl methyl sites for hydroxylation is 2. The lowest BCUT2D eigenvalue weighted by Crippen LogP contribution is -2.74. The molecular formula is C22H18BN5O+2. The third-order valence-corrected chi connectivity index (χ3v) is 5.73. The number of hydrogen-bond acceptors (Lipinski definition) is 4. The maximum Gasteiger partial charge on any atom is 0.422 e. The fraction of sp³-hybridized carbons (Fsp3) is 0.0909. The first kappa shape index (κ1) is 16.2. The summed E-state index contributed by atoms with van der Waals surface area (Å²) in [6.07, 6.45) is 5.74. The highest BCUT2D eigenvalue weighted by atomic mass is 16.5. The number of anilines is 3. The van der Waals surface area contributed by atoms with Crippen LogP contribution in [0, 0.1) is 0 Å². The highest BCUT2D eigenvalue weighted by Crippen LogP contribution is 2.36. The zero-order valence-electron chi connectivity index (χ0n) is 16.1. The van der Waals surface area contributed by atoms with E-state index in [4.69, 9.17) is 9.72 Å². The maximum absolute atomic E-state index is 6.24. The van der Waals surface area contributed by atoms with E-state index in [9.17, 15) is 0 Å². The van der Waals surface area contributed by atoms with Crippen LogP contribution in [0.25, 0.3) is 0 Å². The van der Waals surface area contributed by atoms with Crippen LogP contribution < -0.4 is 35.4 Å². The van der Waals surface area contributed by atoms with Crippen molar-refractivity contribution in [2.24, 2.45) is 14.1 Å². The standard InChI is InChI=1S/C22H18BN5O/c1-26-12-6-10-16-19(26)23-18-21(28(16)15-8-4-3-5-9-15)24-14-25-22(18)29-17-11-7-13-27(2)20(17)23/h3-14H,1-2H3/q+2. The normalized spacial score (nSPS) is 13.3. The summed E-state index contributed by atoms with van der Waals surface area (Å²) in [5.74, 6) is 2.31. The van der Waals surface area contributed by atoms with E-state index in [-0.39, 0.29) is 6.71 Å². The third kappa shape index (κ3) is 2.18. The molecule has 1 aromatic carbocycles. The summed E-state index contributed by atoms with van der Waals surface area (Å²) in [5, 5.41) is 0. The molecular weight excluding hydrogens is 361 g/mol. The van der Waals surface area contributed by atoms with Crippen molar-refractivity contribution in [3.8, 4) is 11.6 Å². The van der Waals surface area contributed by atoms with Gasteiger partial charge in [-0.05, 0) is 24.3 Å². The van der Waals surface area contributed by atoms with Crippen LogP contribution in [0.15, 0.2) is 73.3 Å². The number of para-hydroxylation sites is 1. The molecule has 0 saturated heterocycles. The minimum atomic E-state index is -0.0164. The van der Waals surface area contributed by atoms with E-state index in [0.717, 1.165) is 34.0 Å². The Morgan fingerprint density at radius 1 is 0.862 bits per heavy atom. The number of ether oxygens (including phenoxy) is 1. The Hall–Kier alpha value is -3.74. The van der Waals surface area contributed by atoms with Gasteiger partial charge in [-0.25, -0.2) is 19.1 Å². The van der Waals surface area contributed by atoms with Crippen molar-refractivity contribution in [3.05, 3.63) is 73.3 Å². The number of hydrogen-bond donors (Lipinski definition) is 0. The lowest BCUT2D eigenvalue weighted by molar-refractivity contribution is -0.658. The number of fused-ring (bicyclic) bond motifs is 4. The van der Waals surface area contributed by atoms with Crippen LogP contribution in [0.4, 0.5) is 17.2 Å². The average Bonchev–Trinajstić information content (AvgIpc) is 2.74. The molecule has 6 nitrogen and oxygen atoms in total. The zero-order chi connectivity index (χ0) is 19.5. The van der Waals surface area contributed by atoms with Crippen molar-refractivity contribution in [3.63, 3.8) is 0 Å². The van der Waals surface area contributed by atoms with Gasteiger partial charge < -0.3 is 4.74 Å². The van der Waals surface area contributed by atoms with Crippen LogP contribution in [0.3, 0.4) is 0 Å². The summed E-state index contributed by atoms with van der Waals surface area (Å²) in [4.78, 5) is 11.4. The SMILES string of the molecule is C[n+]1cccc2c1B1c3c(ncnc3N(c3ccccc3)c3ccc[n+](C)c31)O2. The molecule has 0 N–H and O–H groups in total. The molecule has 0 bridgehead atoms. The molecule has 5 heterocycles. The molecule has 2 aliphatic rings. The van der Waals surface area contributed by atoms with Gasteiger partial charge in [0.05, 0.1) is 5.46 Å². The molecule has 0 radical (unpaired) electrons. The van der Waals surface area contributed by atoms with Crippen molar-refractivity contribution in [1.82, 2.24) is 9.97 Å². The van der Waals surface area contributed by atoms with E-state index in [1.54, 1.807) is 6.33 Å². The lowest BCUT2D eigenvalue weighted by atomic mass is 9.37. The van der Waals surface area contributed by atoms with Crippen molar-refractivity contribution < 1.29 is 13.9 Å². The van der Waals surface area contributed by atoms with Crippen molar-refractivity contribution in [1.29, 1.82) is 0 Å². The Morgan fingerprint density at radius 2 is 1.62 bits per heavy atom. The average molecular weight is 379 g/mol. The summed E-state index contributed by atoms with van der Waals surface area (Å²) in [5.41, 5.74) is 5.46. The molecule has 138 valence electrons. The van der Waals surface area contributed by atoms with E-state index >= 15 is 0 Å². The van der Waals surface area contributed by atoms with E-state index in [2.05, 4.69) is 69.8 Å². The fourth-order valence-corrected chi connectivity index (χ4v) is 4.52. The molecule has 0 amide bonds. The minimum Gasteiger partial charge on any atom is -0.434 e. The van der Waals surface area contributed by atoms with E-state index in [0.29, 0.717) is 5.88 Å². The van der Waals surface area contributed by atoms with Gasteiger partial charge in [0.1, 0.15) is 31.9 Å². The highest BCUT2D eigenvalue weighted by Gasteiger charge is 2.53. The molecule has 6 rings (SSSR count). The van der Waals surface area contributed by atoms with E-state index in [1.807, 2.05) is 30.3 Å². The van der Waals surface area contributed by atoms with Gasteiger partial charge in [-0.3, -0.25) is 4.90 Å². The van der Waals surface area contributed by atoms with Crippen molar-refractivity contribution in [2.45, 2.75) is 0 Å². The summed E-state index contributed by atoms with van der Waals surface area (Å²) in [6.45, 7) is -0.0164. The molecule has 0 atom stereocenters. The van der Waals surface area contributed by atoms with Gasteiger partial charge in [0.25, 0.3) is 0 Å². The fourth-order valence-electron chi connectivity index (χ4n) is 4.52. The van der Waals surface area contributed by atoms with Gasteiger partial charge in [0.15, 0.2) is 29.3 Å². The first-order chi connectivity index (χ1) is 14.2. The molecule has 0 saturated carbocycles. The number of rotatable bonds is 1. The van der Waals surface area contributed by atoms with Crippen molar-refractivity contribution in [2.75, 3.05) is 4.90 Å². The first-order valence-corrected chi connectivity index (χ1v) is 9.59. The van der Waals surface area contributed by atoms with Gasteiger partial charge in [-0.2, -0.15) is 0 Å². The van der Waals surface area contributed by atoms with Gasteiger partial charge in [0.2, 0.25) is 5.88 Å². The third-order valence-electron chi connectivity index (χ3n) is 5.73. The van der Waals surface area contributed by atoms with Gasteiger partial charge in [-0.1, -0.05) is 18.2 Å². The Bertz CT molecular complexity index is 1260. The summed E-state index contributed by atoms with van der Waals surface area (Å²) in [6, 6.07) is 18.6. The van der Waals surface area contributed by atoms with Crippen LogP contribution in [0.2, 0.25) is 0 Å². The molecule has 0 aliphatic carbocycles. The Balaban J connectivity index is 1.74. The molecule has 29 heavy (non-hydrogen) atoms.